The quantitative estimate of drug-likeness (QED) is 0.590. The topological polar surface area (TPSA) is 30.7 Å². The van der Waals surface area contributed by atoms with Gasteiger partial charge in [-0.15, -0.1) is 10.2 Å². The average molecular weight is 124 g/mol. The van der Waals surface area contributed by atoms with Crippen LogP contribution in [0.2, 0.25) is 0 Å². The molecule has 3 heteroatoms. The molecule has 1 atom stereocenters. The minimum Gasteiger partial charge on any atom is -0.308 e. The molecule has 0 aliphatic rings. The SMILES string of the molecule is CCC(C)n1[c]nnc1. The van der Waals surface area contributed by atoms with Crippen molar-refractivity contribution in [2.24, 2.45) is 0 Å². The molecule has 1 heterocycles. The van der Waals surface area contributed by atoms with Crippen LogP contribution in [0, 0.1) is 6.33 Å². The van der Waals surface area contributed by atoms with E-state index in [1.807, 2.05) is 4.57 Å². The summed E-state index contributed by atoms with van der Waals surface area (Å²) in [6.45, 7) is 4.23. The number of nitrogens with zero attached hydrogens (tertiary/aromatic N) is 3. The number of hydrogen-bond donors (Lipinski definition) is 0. The van der Waals surface area contributed by atoms with Crippen LogP contribution in [0.1, 0.15) is 26.3 Å². The number of aromatic nitrogens is 3. The van der Waals surface area contributed by atoms with Crippen molar-refractivity contribution in [1.82, 2.24) is 14.8 Å². The van der Waals surface area contributed by atoms with Gasteiger partial charge >= 0.3 is 0 Å². The van der Waals surface area contributed by atoms with Gasteiger partial charge in [-0.1, -0.05) is 6.92 Å². The molecule has 0 fully saturated rings. The maximum atomic E-state index is 3.65. The summed E-state index contributed by atoms with van der Waals surface area (Å²) in [4.78, 5) is 0. The fourth-order valence-corrected chi connectivity index (χ4v) is 0.594. The predicted octanol–water partition coefficient (Wildman–Crippen LogP) is 1.05. The molecule has 1 radical (unpaired) electrons. The third kappa shape index (κ3) is 1.28. The third-order valence-corrected chi connectivity index (χ3v) is 1.46. The Bertz CT molecular complexity index is 157. The second-order valence-electron chi connectivity index (χ2n) is 2.10. The molecule has 3 nitrogen and oxygen atoms in total. The van der Waals surface area contributed by atoms with E-state index < -0.39 is 0 Å². The van der Waals surface area contributed by atoms with Crippen molar-refractivity contribution in [2.75, 3.05) is 0 Å². The molecule has 0 spiro atoms. The lowest BCUT2D eigenvalue weighted by Crippen LogP contribution is -2.00. The van der Waals surface area contributed by atoms with Crippen LogP contribution in [-0.4, -0.2) is 14.8 Å². The molecular weight excluding hydrogens is 114 g/mol. The van der Waals surface area contributed by atoms with Gasteiger partial charge in [0.1, 0.15) is 6.33 Å². The summed E-state index contributed by atoms with van der Waals surface area (Å²) >= 11 is 0. The standard InChI is InChI=1S/C6H10N3/c1-3-6(2)9-4-7-8-5-9/h4,6H,3H2,1-2H3. The average Bonchev–Trinajstić information content (AvgIpc) is 2.37. The molecule has 1 unspecified atom stereocenters. The smallest absolute Gasteiger partial charge is 0.202 e. The predicted molar refractivity (Wildman–Crippen MR) is 33.9 cm³/mol. The normalized spacial score (nSPS) is 13.6. The first-order valence-corrected chi connectivity index (χ1v) is 3.11. The van der Waals surface area contributed by atoms with E-state index in [0.717, 1.165) is 6.42 Å². The molecule has 1 aromatic rings. The molecule has 9 heavy (non-hydrogen) atoms. The Balaban J connectivity index is 2.65. The van der Waals surface area contributed by atoms with E-state index in [2.05, 4.69) is 30.4 Å². The Kier molecular flexibility index (Phi) is 1.82. The molecule has 49 valence electrons. The highest BCUT2D eigenvalue weighted by molar-refractivity contribution is 4.65. The Morgan fingerprint density at radius 2 is 2.56 bits per heavy atom. The zero-order valence-corrected chi connectivity index (χ0v) is 5.70. The molecule has 0 aliphatic carbocycles. The van der Waals surface area contributed by atoms with E-state index >= 15 is 0 Å². The van der Waals surface area contributed by atoms with E-state index in [4.69, 9.17) is 0 Å². The van der Waals surface area contributed by atoms with Gasteiger partial charge < -0.3 is 4.57 Å². The highest BCUT2D eigenvalue weighted by atomic mass is 15.2. The lowest BCUT2D eigenvalue weighted by atomic mass is 10.3. The summed E-state index contributed by atoms with van der Waals surface area (Å²) in [7, 11) is 0. The van der Waals surface area contributed by atoms with Crippen molar-refractivity contribution < 1.29 is 0 Å². The summed E-state index contributed by atoms with van der Waals surface area (Å²) in [5.41, 5.74) is 0. The van der Waals surface area contributed by atoms with Crippen molar-refractivity contribution in [3.05, 3.63) is 12.7 Å². The van der Waals surface area contributed by atoms with Crippen molar-refractivity contribution in [1.29, 1.82) is 0 Å². The molecule has 0 saturated carbocycles. The molecule has 0 bridgehead atoms. The van der Waals surface area contributed by atoms with E-state index in [1.165, 1.54) is 0 Å². The number of hydrogen-bond acceptors (Lipinski definition) is 2. The second kappa shape index (κ2) is 2.62. The molecule has 1 aromatic heterocycles. The number of rotatable bonds is 2. The zero-order chi connectivity index (χ0) is 6.69. The first-order valence-electron chi connectivity index (χ1n) is 3.11. The van der Waals surface area contributed by atoms with E-state index in [1.54, 1.807) is 6.33 Å². The minimum atomic E-state index is 0.472. The summed E-state index contributed by atoms with van der Waals surface area (Å²) in [6.07, 6.45) is 5.52. The van der Waals surface area contributed by atoms with Gasteiger partial charge in [0, 0.05) is 6.04 Å². The largest absolute Gasteiger partial charge is 0.308 e. The van der Waals surface area contributed by atoms with Crippen LogP contribution in [0.25, 0.3) is 0 Å². The Morgan fingerprint density at radius 3 is 3.00 bits per heavy atom. The lowest BCUT2D eigenvalue weighted by molar-refractivity contribution is 0.525. The van der Waals surface area contributed by atoms with Gasteiger partial charge in [-0.2, -0.15) is 0 Å². The summed E-state index contributed by atoms with van der Waals surface area (Å²) in [5, 5.41) is 7.23. The fourth-order valence-electron chi connectivity index (χ4n) is 0.594. The molecule has 0 aromatic carbocycles. The molecule has 1 rings (SSSR count). The van der Waals surface area contributed by atoms with Gasteiger partial charge in [0.2, 0.25) is 6.33 Å². The van der Waals surface area contributed by atoms with Gasteiger partial charge in [0.05, 0.1) is 0 Å². The van der Waals surface area contributed by atoms with Crippen LogP contribution in [0.15, 0.2) is 6.33 Å². The van der Waals surface area contributed by atoms with Crippen LogP contribution in [0.4, 0.5) is 0 Å². The monoisotopic (exact) mass is 124 g/mol. The Labute approximate surface area is 54.7 Å². The van der Waals surface area contributed by atoms with Crippen LogP contribution < -0.4 is 0 Å². The maximum Gasteiger partial charge on any atom is 0.202 e. The van der Waals surface area contributed by atoms with Gasteiger partial charge in [0.15, 0.2) is 0 Å². The van der Waals surface area contributed by atoms with Crippen LogP contribution in [-0.2, 0) is 0 Å². The maximum absolute atomic E-state index is 3.65. The van der Waals surface area contributed by atoms with Crippen molar-refractivity contribution in [2.45, 2.75) is 26.3 Å². The highest BCUT2D eigenvalue weighted by Crippen LogP contribution is 2.05. The molecule has 0 saturated heterocycles. The van der Waals surface area contributed by atoms with Gasteiger partial charge in [-0.25, -0.2) is 0 Å². The van der Waals surface area contributed by atoms with Gasteiger partial charge in [-0.05, 0) is 13.3 Å². The van der Waals surface area contributed by atoms with Gasteiger partial charge in [-0.3, -0.25) is 0 Å². The van der Waals surface area contributed by atoms with E-state index in [9.17, 15) is 0 Å². The Morgan fingerprint density at radius 1 is 1.78 bits per heavy atom. The molecular formula is C6H10N3. The molecule has 0 amide bonds. The minimum absolute atomic E-state index is 0.472. The first kappa shape index (κ1) is 6.26. The second-order valence-corrected chi connectivity index (χ2v) is 2.10. The van der Waals surface area contributed by atoms with E-state index in [-0.39, 0.29) is 0 Å². The Hall–Kier alpha value is -0.860. The summed E-state index contributed by atoms with van der Waals surface area (Å²) in [6, 6.07) is 0.472. The van der Waals surface area contributed by atoms with Crippen molar-refractivity contribution in [3.8, 4) is 0 Å². The van der Waals surface area contributed by atoms with E-state index in [0.29, 0.717) is 6.04 Å². The lowest BCUT2D eigenvalue weighted by Gasteiger charge is -2.05. The van der Waals surface area contributed by atoms with Crippen LogP contribution in [0.5, 0.6) is 0 Å². The molecule has 0 N–H and O–H groups in total. The van der Waals surface area contributed by atoms with Gasteiger partial charge in [0.25, 0.3) is 0 Å². The zero-order valence-electron chi connectivity index (χ0n) is 5.70. The fraction of sp³-hybridized carbons (Fsp3) is 0.667. The summed E-state index contributed by atoms with van der Waals surface area (Å²) in [5.74, 6) is 0. The van der Waals surface area contributed by atoms with Crippen molar-refractivity contribution >= 4 is 0 Å². The van der Waals surface area contributed by atoms with Crippen LogP contribution >= 0.6 is 0 Å². The highest BCUT2D eigenvalue weighted by Gasteiger charge is 1.98. The van der Waals surface area contributed by atoms with Crippen molar-refractivity contribution in [3.63, 3.8) is 0 Å². The van der Waals surface area contributed by atoms with Crippen LogP contribution in [0.3, 0.4) is 0 Å². The first-order chi connectivity index (χ1) is 4.34. The third-order valence-electron chi connectivity index (χ3n) is 1.46. The molecule has 0 aliphatic heterocycles. The summed E-state index contributed by atoms with van der Waals surface area (Å²) < 4.78 is 1.88.